The molecule has 5 aromatic heterocycles. The lowest BCUT2D eigenvalue weighted by Gasteiger charge is -2.24. The molecule has 17 atom stereocenters. The quantitative estimate of drug-likeness (QED) is 0.0140. The minimum Gasteiger partial charge on any atom is -0.394 e. The van der Waals surface area contributed by atoms with Crippen LogP contribution in [0.4, 0.5) is 5.82 Å². The summed E-state index contributed by atoms with van der Waals surface area (Å²) in [5.41, 5.74) is 14.1. The lowest BCUT2D eigenvalue weighted by Crippen LogP contribution is -2.52. The molecule has 4 aliphatic heterocycles. The third-order valence-electron chi connectivity index (χ3n) is 13.6. The number of ether oxygens (including phenoxy) is 6. The molecule has 9 rings (SSSR count). The van der Waals surface area contributed by atoms with Crippen LogP contribution >= 0.6 is 11.8 Å². The Morgan fingerprint density at radius 2 is 1.15 bits per heavy atom. The predicted molar refractivity (Wildman–Crippen MR) is 297 cm³/mol. The third-order valence-corrected chi connectivity index (χ3v) is 14.0. The second-order valence-electron chi connectivity index (χ2n) is 19.2. The molecule has 5 aromatic rings. The summed E-state index contributed by atoms with van der Waals surface area (Å²) in [6, 6.07) is 1.56. The van der Waals surface area contributed by atoms with Gasteiger partial charge in [-0.3, -0.25) is 57.2 Å². The van der Waals surface area contributed by atoms with E-state index in [1.807, 2.05) is 11.2 Å². The molecule has 20 N–H and O–H groups in total. The molecular weight excluding hydrogens is 1170 g/mol. The van der Waals surface area contributed by atoms with Crippen molar-refractivity contribution in [3.8, 4) is 0 Å². The fourth-order valence-electron chi connectivity index (χ4n) is 9.25. The molecular formula is C48H71N15O22S. The maximum absolute atomic E-state index is 12.3. The largest absolute Gasteiger partial charge is 0.394 e. The van der Waals surface area contributed by atoms with Gasteiger partial charge in [0.25, 0.3) is 16.7 Å². The van der Waals surface area contributed by atoms with Gasteiger partial charge in [-0.1, -0.05) is 12.5 Å². The van der Waals surface area contributed by atoms with Crippen molar-refractivity contribution in [1.82, 2.24) is 53.5 Å². The highest BCUT2D eigenvalue weighted by Gasteiger charge is 2.49. The number of amides is 1. The highest BCUT2D eigenvalue weighted by atomic mass is 32.2. The SMILES string of the molecule is C=CCOC1C(O)[C@H](CO)O[C@@H]1n1ccc(=O)[nH]c1=O.CSCOC1C(O)[C@@H](CO)O[C@H]1n1cnc2c(N)ncnc21.NCCCC[C@H](N)C(=O)NC1C(O)[C@H](CO)O[C@@H]1n1ccc(=O)[nH]c1=O.NOC1C(O)[C@H](CO)O[C@@H]1n1ccc(=O)[nH]c1=O. The van der Waals surface area contributed by atoms with Crippen molar-refractivity contribution in [2.24, 2.45) is 17.4 Å². The fourth-order valence-corrected chi connectivity index (χ4v) is 9.55. The molecule has 86 heavy (non-hydrogen) atoms. The first-order valence-electron chi connectivity index (χ1n) is 26.3. The molecule has 4 aliphatic rings. The van der Waals surface area contributed by atoms with Gasteiger partial charge in [-0.25, -0.2) is 35.2 Å². The van der Waals surface area contributed by atoms with Gasteiger partial charge >= 0.3 is 17.1 Å². The van der Waals surface area contributed by atoms with Crippen LogP contribution in [0.15, 0.2) is 90.9 Å². The number of fused-ring (bicyclic) bond motifs is 1. The predicted octanol–water partition coefficient (Wildman–Crippen LogP) is -8.50. The van der Waals surface area contributed by atoms with Gasteiger partial charge in [-0.05, 0) is 25.6 Å². The number of nitrogens with one attached hydrogen (secondary N) is 4. The number of rotatable bonds is 21. The maximum atomic E-state index is 12.3. The second-order valence-corrected chi connectivity index (χ2v) is 20.1. The summed E-state index contributed by atoms with van der Waals surface area (Å²) in [5.74, 6) is 5.18. The van der Waals surface area contributed by atoms with Crippen LogP contribution in [0.3, 0.4) is 0 Å². The third kappa shape index (κ3) is 16.2. The van der Waals surface area contributed by atoms with E-state index in [4.69, 9.17) is 61.7 Å². The zero-order chi connectivity index (χ0) is 62.9. The van der Waals surface area contributed by atoms with Crippen LogP contribution in [0.25, 0.3) is 11.2 Å². The van der Waals surface area contributed by atoms with Gasteiger partial charge in [0.1, 0.15) is 78.9 Å². The van der Waals surface area contributed by atoms with Crippen LogP contribution in [-0.2, 0) is 38.1 Å². The maximum Gasteiger partial charge on any atom is 0.330 e. The standard InChI is InChI=1S/C15H25N5O6.C12H17N5O4S.C12H16N2O6.C9H13N3O6/c16-5-2-1-3-8(17)13(24)19-11-12(23)9(7-21)26-14(11)20-6-4-10(22)18-15(20)25;1-22-5-20-9-8(19)6(2-18)21-12(9)17-4-16-7-10(13)14-3-15-11(7)17;1-2-5-19-10-9(17)7(6-15)20-11(10)14-4-3-8(16)13-12(14)18;10-18-7-6(15)4(3-13)17-8(7)12-2-1-5(14)11-9(12)16/h4,6,8-9,11-12,14,21,23H,1-3,5,7,16-17H2,(H,19,24)(H,18,22,25);3-4,6,8-9,12,18-19H,2,5H2,1H3,(H2,13,14,15);2-4,7,9-11,15,17H,1,5-6H2,(H,13,16,18);1-2,4,6-8,13,15H,3,10H2,(H,11,14,16)/t8-,9-,11?,12?,14-;6-,8?,9?,12-;7-,9?,10?,11-;4-,6?,7?,8-/m0100/s1. The Hall–Kier alpha value is -6.77. The number of aliphatic hydroxyl groups excluding tert-OH is 8. The van der Waals surface area contributed by atoms with E-state index in [0.29, 0.717) is 36.5 Å². The molecule has 0 aliphatic carbocycles. The van der Waals surface area contributed by atoms with E-state index in [2.05, 4.69) is 41.7 Å². The molecule has 38 heteroatoms. The zero-order valence-electron chi connectivity index (χ0n) is 45.9. The van der Waals surface area contributed by atoms with Gasteiger partial charge in [0.2, 0.25) is 5.91 Å². The Bertz CT molecular complexity index is 3340. The molecule has 0 radical (unpaired) electrons. The summed E-state index contributed by atoms with van der Waals surface area (Å²) >= 11 is 1.48. The smallest absolute Gasteiger partial charge is 0.330 e. The number of imidazole rings is 1. The summed E-state index contributed by atoms with van der Waals surface area (Å²) in [6.07, 6.45) is -2.52. The molecule has 476 valence electrons. The van der Waals surface area contributed by atoms with E-state index in [0.717, 1.165) is 38.3 Å². The number of nitrogen functional groups attached to an aromatic ring is 1. The fraction of sp³-hybridized carbons (Fsp3) is 0.583. The van der Waals surface area contributed by atoms with Crippen LogP contribution in [-0.4, -0.2) is 226 Å². The van der Waals surface area contributed by atoms with Gasteiger partial charge in [-0.2, -0.15) is 0 Å². The summed E-state index contributed by atoms with van der Waals surface area (Å²) in [4.78, 5) is 104. The van der Waals surface area contributed by atoms with E-state index in [1.54, 1.807) is 4.57 Å². The summed E-state index contributed by atoms with van der Waals surface area (Å²) < 4.78 is 37.8. The first kappa shape index (κ1) is 68.3. The van der Waals surface area contributed by atoms with Gasteiger partial charge in [0.05, 0.1) is 51.3 Å². The number of carbonyl (C=O) groups excluding carboxylic acids is 1. The monoisotopic (exact) mass is 1240 g/mol. The Morgan fingerprint density at radius 3 is 1.62 bits per heavy atom. The molecule has 0 saturated carbocycles. The van der Waals surface area contributed by atoms with Crippen molar-refractivity contribution in [2.75, 3.05) is 57.5 Å². The Kier molecular flexibility index (Phi) is 25.7. The highest BCUT2D eigenvalue weighted by molar-refractivity contribution is 7.98. The number of nitrogens with two attached hydrogens (primary N) is 4. The molecule has 4 fully saturated rings. The average molecular weight is 1240 g/mol. The van der Waals surface area contributed by atoms with Crippen molar-refractivity contribution >= 4 is 34.7 Å². The van der Waals surface area contributed by atoms with Gasteiger partial charge < -0.3 is 91.8 Å². The Balaban J connectivity index is 0.000000185. The van der Waals surface area contributed by atoms with E-state index in [1.165, 1.54) is 49.1 Å². The number of H-pyrrole nitrogens is 3. The molecule has 0 spiro atoms. The number of thioether (sulfide) groups is 1. The summed E-state index contributed by atoms with van der Waals surface area (Å²) in [7, 11) is 0. The average Bonchev–Trinajstić information content (AvgIpc) is 2.08. The molecule has 8 unspecified atom stereocenters. The second kappa shape index (κ2) is 32.3. The normalized spacial score (nSPS) is 28.8. The van der Waals surface area contributed by atoms with Crippen LogP contribution in [0.5, 0.6) is 0 Å². The number of carbonyl (C=O) groups is 1. The topological polar surface area (TPSA) is 568 Å². The zero-order valence-corrected chi connectivity index (χ0v) is 46.7. The van der Waals surface area contributed by atoms with E-state index in [9.17, 15) is 64.2 Å². The molecule has 37 nitrogen and oxygen atoms in total. The number of aromatic nitrogens is 10. The van der Waals surface area contributed by atoms with Crippen LogP contribution in [0, 0.1) is 0 Å². The Labute approximate surface area is 488 Å². The number of nitrogens with zero attached hydrogens (tertiary/aromatic N) is 7. The summed E-state index contributed by atoms with van der Waals surface area (Å²) in [6.45, 7) is 2.47. The van der Waals surface area contributed by atoms with Crippen molar-refractivity contribution in [3.05, 3.63) is 125 Å². The van der Waals surface area contributed by atoms with Crippen molar-refractivity contribution in [3.63, 3.8) is 0 Å². The van der Waals surface area contributed by atoms with Crippen molar-refractivity contribution < 1.29 is 78.9 Å². The number of anilines is 1. The molecule has 0 bridgehead atoms. The molecule has 4 saturated heterocycles. The molecule has 9 heterocycles. The van der Waals surface area contributed by atoms with Gasteiger partial charge in [0, 0.05) is 36.8 Å². The first-order valence-corrected chi connectivity index (χ1v) is 27.7. The van der Waals surface area contributed by atoms with E-state index in [-0.39, 0.29) is 19.0 Å². The number of aromatic amines is 3. The minimum absolute atomic E-state index is 0.151. The minimum atomic E-state index is -1.26. The van der Waals surface area contributed by atoms with Crippen LogP contribution in [0.2, 0.25) is 0 Å². The van der Waals surface area contributed by atoms with Crippen molar-refractivity contribution in [1.29, 1.82) is 0 Å². The molecule has 0 aromatic carbocycles. The lowest BCUT2D eigenvalue weighted by atomic mass is 10.1. The number of unbranched alkanes of at least 4 members (excludes halogenated alkanes) is 1. The highest BCUT2D eigenvalue weighted by Crippen LogP contribution is 2.35. The lowest BCUT2D eigenvalue weighted by molar-refractivity contribution is -0.124. The first-order chi connectivity index (χ1) is 41.2. The van der Waals surface area contributed by atoms with Gasteiger partial charge in [-0.15, -0.1) is 18.3 Å². The molecule has 1 amide bonds. The van der Waals surface area contributed by atoms with E-state index >= 15 is 0 Å². The number of aliphatic hydroxyl groups is 8. The van der Waals surface area contributed by atoms with E-state index < -0.39 is 164 Å². The summed E-state index contributed by atoms with van der Waals surface area (Å²) in [5, 5.41) is 79.8. The number of hydrogen-bond donors (Lipinski definition) is 16. The Morgan fingerprint density at radius 1 is 0.698 bits per heavy atom. The van der Waals surface area contributed by atoms with Crippen LogP contribution < -0.4 is 62.2 Å². The van der Waals surface area contributed by atoms with Crippen LogP contribution in [0.1, 0.15) is 44.2 Å². The van der Waals surface area contributed by atoms with Gasteiger partial charge in [0.15, 0.2) is 42.5 Å². The van der Waals surface area contributed by atoms with Crippen molar-refractivity contribution in [2.45, 2.75) is 123 Å². The number of hydrogen-bond acceptors (Lipinski definition) is 30.